The van der Waals surface area contributed by atoms with E-state index in [1.54, 1.807) is 0 Å². The monoisotopic (exact) mass is 511 g/mol. The van der Waals surface area contributed by atoms with Gasteiger partial charge in [-0.1, -0.05) is 181 Å². The highest BCUT2D eigenvalue weighted by molar-refractivity contribution is 5.59. The first kappa shape index (κ1) is 35.3. The molecule has 0 aliphatic carbocycles. The third-order valence-corrected chi connectivity index (χ3v) is 7.44. The van der Waals surface area contributed by atoms with Crippen molar-refractivity contribution in [2.75, 3.05) is 13.2 Å². The van der Waals surface area contributed by atoms with Gasteiger partial charge < -0.3 is 9.47 Å². The Morgan fingerprint density at radius 2 is 0.528 bits per heavy atom. The molecule has 0 saturated heterocycles. The summed E-state index contributed by atoms with van der Waals surface area (Å²) in [6, 6.07) is 0. The molecule has 0 aliphatic rings. The number of unbranched alkanes of at least 4 members (excludes halogenated alkanes) is 26. The molecule has 0 saturated carbocycles. The van der Waals surface area contributed by atoms with E-state index in [0.717, 1.165) is 25.7 Å². The molecule has 36 heavy (non-hydrogen) atoms. The Hall–Kier alpha value is -0.730. The van der Waals surface area contributed by atoms with Crippen LogP contribution in [0.1, 0.15) is 194 Å². The molecule has 0 aromatic carbocycles. The summed E-state index contributed by atoms with van der Waals surface area (Å²) in [5.41, 5.74) is 0. The molecule has 0 N–H and O–H groups in total. The van der Waals surface area contributed by atoms with Crippen LogP contribution < -0.4 is 0 Å². The maximum atomic E-state index is 11.7. The molecular weight excluding hydrogens is 444 g/mol. The molecule has 0 rings (SSSR count). The number of carbonyl (C=O) groups excluding carboxylic acids is 1. The molecule has 0 atom stereocenters. The maximum absolute atomic E-state index is 11.7. The summed E-state index contributed by atoms with van der Waals surface area (Å²) >= 11 is 0. The van der Waals surface area contributed by atoms with Crippen molar-refractivity contribution in [2.45, 2.75) is 194 Å². The fourth-order valence-corrected chi connectivity index (χ4v) is 4.95. The Kier molecular flexibility index (Phi) is 31.6. The lowest BCUT2D eigenvalue weighted by Gasteiger charge is -2.07. The molecule has 0 aromatic rings. The van der Waals surface area contributed by atoms with Crippen molar-refractivity contribution in [1.82, 2.24) is 0 Å². The summed E-state index contributed by atoms with van der Waals surface area (Å²) in [5.74, 6) is 0. The smallest absolute Gasteiger partial charge is 0.434 e. The summed E-state index contributed by atoms with van der Waals surface area (Å²) in [6.45, 7) is 5.58. The molecule has 0 heterocycles. The number of hydrogen-bond acceptors (Lipinski definition) is 3. The second kappa shape index (κ2) is 32.3. The zero-order chi connectivity index (χ0) is 26.2. The zero-order valence-corrected chi connectivity index (χ0v) is 24.9. The largest absolute Gasteiger partial charge is 0.508 e. The van der Waals surface area contributed by atoms with Crippen LogP contribution in [-0.4, -0.2) is 19.4 Å². The molecule has 3 nitrogen and oxygen atoms in total. The fraction of sp³-hybridized carbons (Fsp3) is 0.970. The lowest BCUT2D eigenvalue weighted by Crippen LogP contribution is -2.09. The van der Waals surface area contributed by atoms with Gasteiger partial charge in [0, 0.05) is 0 Å². The van der Waals surface area contributed by atoms with E-state index in [9.17, 15) is 4.79 Å². The molecule has 3 heteroatoms. The average Bonchev–Trinajstić information content (AvgIpc) is 2.88. The van der Waals surface area contributed by atoms with Gasteiger partial charge in [0.15, 0.2) is 0 Å². The van der Waals surface area contributed by atoms with E-state index < -0.39 is 6.16 Å². The summed E-state index contributed by atoms with van der Waals surface area (Å²) in [5, 5.41) is 0. The summed E-state index contributed by atoms with van der Waals surface area (Å²) in [4.78, 5) is 11.7. The Labute approximate surface area is 227 Å². The first-order valence-corrected chi connectivity index (χ1v) is 16.6. The predicted molar refractivity (Wildman–Crippen MR) is 158 cm³/mol. The number of ether oxygens (including phenoxy) is 2. The minimum absolute atomic E-state index is 0.473. The van der Waals surface area contributed by atoms with Gasteiger partial charge in [0.1, 0.15) is 0 Å². The highest BCUT2D eigenvalue weighted by atomic mass is 16.7. The van der Waals surface area contributed by atoms with Crippen molar-refractivity contribution in [1.29, 1.82) is 0 Å². The normalized spacial score (nSPS) is 11.2. The Morgan fingerprint density at radius 3 is 0.750 bits per heavy atom. The molecule has 0 unspecified atom stereocenters. The quantitative estimate of drug-likeness (QED) is 0.0711. The lowest BCUT2D eigenvalue weighted by atomic mass is 10.0. The first-order valence-electron chi connectivity index (χ1n) is 16.6. The highest BCUT2D eigenvalue weighted by Crippen LogP contribution is 2.14. The Morgan fingerprint density at radius 1 is 0.333 bits per heavy atom. The predicted octanol–water partition coefficient (Wildman–Crippen LogP) is 12.1. The van der Waals surface area contributed by atoms with Gasteiger partial charge in [-0.2, -0.15) is 0 Å². The molecule has 0 fully saturated rings. The molecule has 0 aromatic heterocycles. The van der Waals surface area contributed by atoms with Crippen molar-refractivity contribution < 1.29 is 14.3 Å². The molecule has 0 radical (unpaired) electrons. The molecule has 216 valence electrons. The first-order chi connectivity index (χ1) is 17.8. The van der Waals surface area contributed by atoms with E-state index in [1.165, 1.54) is 154 Å². The van der Waals surface area contributed by atoms with E-state index in [4.69, 9.17) is 9.47 Å². The Bertz CT molecular complexity index is 374. The van der Waals surface area contributed by atoms with Crippen LogP contribution in [0.5, 0.6) is 0 Å². The van der Waals surface area contributed by atoms with Crippen LogP contribution in [-0.2, 0) is 9.47 Å². The van der Waals surface area contributed by atoms with Crippen LogP contribution in [0.15, 0.2) is 0 Å². The highest BCUT2D eigenvalue weighted by Gasteiger charge is 2.03. The SMILES string of the molecule is CCCCCCCCCCCCCCCCOC(=O)OCCCCCCCCCCCCCCCC. The van der Waals surface area contributed by atoms with Crippen molar-refractivity contribution in [2.24, 2.45) is 0 Å². The van der Waals surface area contributed by atoms with Gasteiger partial charge in [-0.3, -0.25) is 0 Å². The topological polar surface area (TPSA) is 35.5 Å². The fourth-order valence-electron chi connectivity index (χ4n) is 4.95. The second-order valence-corrected chi connectivity index (χ2v) is 11.1. The third-order valence-electron chi connectivity index (χ3n) is 7.44. The molecule has 0 bridgehead atoms. The van der Waals surface area contributed by atoms with Crippen LogP contribution in [0, 0.1) is 0 Å². The third kappa shape index (κ3) is 31.3. The average molecular weight is 511 g/mol. The van der Waals surface area contributed by atoms with Gasteiger partial charge in [0.25, 0.3) is 0 Å². The van der Waals surface area contributed by atoms with Gasteiger partial charge in [0.05, 0.1) is 13.2 Å². The van der Waals surface area contributed by atoms with Crippen molar-refractivity contribution >= 4 is 6.16 Å². The van der Waals surface area contributed by atoms with Crippen LogP contribution in [0.4, 0.5) is 4.79 Å². The van der Waals surface area contributed by atoms with Gasteiger partial charge in [0.2, 0.25) is 0 Å². The summed E-state index contributed by atoms with van der Waals surface area (Å²) < 4.78 is 10.4. The molecular formula is C33H66O3. The molecule has 0 amide bonds. The zero-order valence-electron chi connectivity index (χ0n) is 24.9. The minimum Gasteiger partial charge on any atom is -0.434 e. The standard InChI is InChI=1S/C33H66O3/c1-3-5-7-9-11-13-15-17-19-21-23-25-27-29-31-35-33(34)36-32-30-28-26-24-22-20-18-16-14-12-10-8-6-4-2/h3-32H2,1-2H3. The van der Waals surface area contributed by atoms with Gasteiger partial charge in [-0.15, -0.1) is 0 Å². The summed E-state index contributed by atoms with van der Waals surface area (Å²) in [6.07, 6.45) is 37.0. The van der Waals surface area contributed by atoms with E-state index in [2.05, 4.69) is 13.8 Å². The second-order valence-electron chi connectivity index (χ2n) is 11.1. The van der Waals surface area contributed by atoms with E-state index in [-0.39, 0.29) is 0 Å². The summed E-state index contributed by atoms with van der Waals surface area (Å²) in [7, 11) is 0. The lowest BCUT2D eigenvalue weighted by molar-refractivity contribution is 0.0529. The van der Waals surface area contributed by atoms with Crippen LogP contribution in [0.3, 0.4) is 0 Å². The number of rotatable bonds is 30. The molecule has 0 aliphatic heterocycles. The minimum atomic E-state index is -0.473. The van der Waals surface area contributed by atoms with Crippen LogP contribution in [0.2, 0.25) is 0 Å². The number of hydrogen-bond donors (Lipinski definition) is 0. The van der Waals surface area contributed by atoms with E-state index in [1.807, 2.05) is 0 Å². The van der Waals surface area contributed by atoms with Gasteiger partial charge in [-0.25, -0.2) is 4.79 Å². The van der Waals surface area contributed by atoms with Crippen molar-refractivity contribution in [3.05, 3.63) is 0 Å². The van der Waals surface area contributed by atoms with E-state index in [0.29, 0.717) is 13.2 Å². The van der Waals surface area contributed by atoms with E-state index >= 15 is 0 Å². The van der Waals surface area contributed by atoms with Gasteiger partial charge >= 0.3 is 6.16 Å². The molecule has 0 spiro atoms. The van der Waals surface area contributed by atoms with Crippen LogP contribution >= 0.6 is 0 Å². The number of carbonyl (C=O) groups is 1. The maximum Gasteiger partial charge on any atom is 0.508 e. The van der Waals surface area contributed by atoms with Crippen molar-refractivity contribution in [3.8, 4) is 0 Å². The van der Waals surface area contributed by atoms with Crippen molar-refractivity contribution in [3.63, 3.8) is 0 Å². The Balaban J connectivity index is 3.14. The van der Waals surface area contributed by atoms with Crippen LogP contribution in [0.25, 0.3) is 0 Å². The van der Waals surface area contributed by atoms with Gasteiger partial charge in [-0.05, 0) is 12.8 Å².